The van der Waals surface area contributed by atoms with E-state index in [1.807, 2.05) is 12.1 Å². The summed E-state index contributed by atoms with van der Waals surface area (Å²) in [6.45, 7) is 3.94. The number of hydrogen-bond acceptors (Lipinski definition) is 4. The maximum absolute atomic E-state index is 9.53. The van der Waals surface area contributed by atoms with Crippen molar-refractivity contribution in [3.8, 4) is 0 Å². The van der Waals surface area contributed by atoms with Gasteiger partial charge in [0, 0.05) is 31.4 Å². The Kier molecular flexibility index (Phi) is 3.46. The van der Waals surface area contributed by atoms with E-state index < -0.39 is 6.10 Å². The number of anilines is 1. The molecule has 104 valence electrons. The largest absolute Gasteiger partial charge is 0.389 e. The molecule has 0 aromatic carbocycles. The van der Waals surface area contributed by atoms with Gasteiger partial charge in [-0.3, -0.25) is 4.90 Å². The zero-order valence-corrected chi connectivity index (χ0v) is 11.8. The molecule has 4 heteroatoms. The second kappa shape index (κ2) is 5.10. The number of nitrogens with zero attached hydrogens (tertiary/aromatic N) is 3. The highest BCUT2D eigenvalue weighted by atomic mass is 16.3. The second-order valence-electron chi connectivity index (χ2n) is 5.91. The molecule has 3 atom stereocenters. The third kappa shape index (κ3) is 2.47. The number of aromatic nitrogens is 1. The first kappa shape index (κ1) is 12.9. The highest BCUT2D eigenvalue weighted by molar-refractivity contribution is 5.40. The van der Waals surface area contributed by atoms with Crippen molar-refractivity contribution in [2.45, 2.75) is 44.4 Å². The molecule has 1 aromatic rings. The molecule has 3 rings (SSSR count). The van der Waals surface area contributed by atoms with Gasteiger partial charge in [-0.15, -0.1) is 0 Å². The Bertz CT molecular complexity index is 432. The van der Waals surface area contributed by atoms with Crippen LogP contribution < -0.4 is 4.90 Å². The van der Waals surface area contributed by atoms with Crippen molar-refractivity contribution in [3.05, 3.63) is 23.9 Å². The zero-order chi connectivity index (χ0) is 13.4. The Morgan fingerprint density at radius 2 is 2.05 bits per heavy atom. The summed E-state index contributed by atoms with van der Waals surface area (Å²) < 4.78 is 0. The average molecular weight is 261 g/mol. The predicted molar refractivity (Wildman–Crippen MR) is 76.3 cm³/mol. The summed E-state index contributed by atoms with van der Waals surface area (Å²) in [7, 11) is 2.26. The molecule has 2 bridgehead atoms. The molecule has 3 heterocycles. The number of rotatable bonds is 2. The van der Waals surface area contributed by atoms with Crippen LogP contribution in [0.1, 0.15) is 37.9 Å². The molecule has 0 spiro atoms. The molecular weight excluding hydrogens is 238 g/mol. The lowest BCUT2D eigenvalue weighted by Crippen LogP contribution is -2.36. The van der Waals surface area contributed by atoms with E-state index in [1.165, 1.54) is 19.3 Å². The first-order chi connectivity index (χ1) is 9.15. The maximum atomic E-state index is 9.53. The van der Waals surface area contributed by atoms with E-state index in [0.717, 1.165) is 30.5 Å². The number of fused-ring (bicyclic) bond motifs is 2. The number of aliphatic hydroxyl groups is 1. The Morgan fingerprint density at radius 3 is 2.74 bits per heavy atom. The summed E-state index contributed by atoms with van der Waals surface area (Å²) in [5, 5.41) is 9.53. The standard InChI is InChI=1S/C15H23N3O/c1-11(19)12-3-6-15(16-9-12)18-8-7-13-4-5-14(10-18)17(13)2/h3,6,9,11,13-14,19H,4-5,7-8,10H2,1-2H3. The van der Waals surface area contributed by atoms with Gasteiger partial charge in [0.1, 0.15) is 5.82 Å². The van der Waals surface area contributed by atoms with Crippen molar-refractivity contribution in [2.75, 3.05) is 25.0 Å². The van der Waals surface area contributed by atoms with Gasteiger partial charge >= 0.3 is 0 Å². The molecule has 0 saturated carbocycles. The summed E-state index contributed by atoms with van der Waals surface area (Å²) in [4.78, 5) is 9.46. The third-order valence-corrected chi connectivity index (χ3v) is 4.73. The smallest absolute Gasteiger partial charge is 0.128 e. The van der Waals surface area contributed by atoms with E-state index in [-0.39, 0.29) is 0 Å². The van der Waals surface area contributed by atoms with Crippen molar-refractivity contribution >= 4 is 5.82 Å². The lowest BCUT2D eigenvalue weighted by molar-refractivity contribution is 0.199. The molecular formula is C15H23N3O. The van der Waals surface area contributed by atoms with Crippen LogP contribution in [0.2, 0.25) is 0 Å². The van der Waals surface area contributed by atoms with E-state index in [1.54, 1.807) is 13.1 Å². The molecule has 0 amide bonds. The first-order valence-electron chi connectivity index (χ1n) is 7.26. The second-order valence-corrected chi connectivity index (χ2v) is 5.91. The van der Waals surface area contributed by atoms with E-state index in [4.69, 9.17) is 0 Å². The normalized spacial score (nSPS) is 29.3. The van der Waals surface area contributed by atoms with Crippen LogP contribution in [0.3, 0.4) is 0 Å². The van der Waals surface area contributed by atoms with Gasteiger partial charge in [-0.25, -0.2) is 4.98 Å². The topological polar surface area (TPSA) is 39.6 Å². The quantitative estimate of drug-likeness (QED) is 0.881. The molecule has 2 saturated heterocycles. The Hall–Kier alpha value is -1.13. The van der Waals surface area contributed by atoms with Crippen LogP contribution in [0.4, 0.5) is 5.82 Å². The molecule has 0 radical (unpaired) electrons. The summed E-state index contributed by atoms with van der Waals surface area (Å²) in [6.07, 6.45) is 5.25. The SMILES string of the molecule is CC(O)c1ccc(N2CCC3CCC(C2)N3C)nc1. The van der Waals surface area contributed by atoms with Crippen molar-refractivity contribution in [1.82, 2.24) is 9.88 Å². The van der Waals surface area contributed by atoms with Crippen molar-refractivity contribution in [2.24, 2.45) is 0 Å². The number of aliphatic hydroxyl groups excluding tert-OH is 1. The Labute approximate surface area is 115 Å². The lowest BCUT2D eigenvalue weighted by atomic mass is 10.1. The fourth-order valence-corrected chi connectivity index (χ4v) is 3.35. The molecule has 1 N–H and O–H groups in total. The van der Waals surface area contributed by atoms with Crippen LogP contribution >= 0.6 is 0 Å². The van der Waals surface area contributed by atoms with Crippen molar-refractivity contribution < 1.29 is 5.11 Å². The lowest BCUT2D eigenvalue weighted by Gasteiger charge is -2.26. The minimum Gasteiger partial charge on any atom is -0.389 e. The molecule has 4 nitrogen and oxygen atoms in total. The van der Waals surface area contributed by atoms with E-state index in [2.05, 4.69) is 21.8 Å². The molecule has 0 aliphatic carbocycles. The van der Waals surface area contributed by atoms with Gasteiger partial charge in [0.05, 0.1) is 6.10 Å². The first-order valence-corrected chi connectivity index (χ1v) is 7.26. The molecule has 1 aromatic heterocycles. The van der Waals surface area contributed by atoms with E-state index in [9.17, 15) is 5.11 Å². The zero-order valence-electron chi connectivity index (χ0n) is 11.8. The van der Waals surface area contributed by atoms with E-state index >= 15 is 0 Å². The number of likely N-dealkylation sites (N-methyl/N-ethyl adjacent to an activating group) is 1. The van der Waals surface area contributed by atoms with Gasteiger partial charge in [0.2, 0.25) is 0 Å². The van der Waals surface area contributed by atoms with Gasteiger partial charge in [0.15, 0.2) is 0 Å². The van der Waals surface area contributed by atoms with Gasteiger partial charge in [-0.1, -0.05) is 6.07 Å². The van der Waals surface area contributed by atoms with Crippen molar-refractivity contribution in [1.29, 1.82) is 0 Å². The highest BCUT2D eigenvalue weighted by Gasteiger charge is 2.34. The predicted octanol–water partition coefficient (Wildman–Crippen LogP) is 1.81. The summed E-state index contributed by atoms with van der Waals surface area (Å²) in [5.74, 6) is 1.05. The number of hydrogen-bond donors (Lipinski definition) is 1. The van der Waals surface area contributed by atoms with Crippen LogP contribution in [0.5, 0.6) is 0 Å². The summed E-state index contributed by atoms with van der Waals surface area (Å²) in [5.41, 5.74) is 0.886. The average Bonchev–Trinajstić information content (AvgIpc) is 2.63. The Morgan fingerprint density at radius 1 is 1.26 bits per heavy atom. The highest BCUT2D eigenvalue weighted by Crippen LogP contribution is 2.30. The van der Waals surface area contributed by atoms with Gasteiger partial charge in [-0.2, -0.15) is 0 Å². The third-order valence-electron chi connectivity index (χ3n) is 4.73. The van der Waals surface area contributed by atoms with Crippen molar-refractivity contribution in [3.63, 3.8) is 0 Å². The van der Waals surface area contributed by atoms with Crippen LogP contribution in [-0.4, -0.2) is 47.2 Å². The van der Waals surface area contributed by atoms with Gasteiger partial charge in [0.25, 0.3) is 0 Å². The summed E-state index contributed by atoms with van der Waals surface area (Å²) in [6, 6.07) is 5.46. The molecule has 19 heavy (non-hydrogen) atoms. The summed E-state index contributed by atoms with van der Waals surface area (Å²) >= 11 is 0. The minimum atomic E-state index is -0.437. The van der Waals surface area contributed by atoms with Gasteiger partial charge in [-0.05, 0) is 44.9 Å². The van der Waals surface area contributed by atoms with Gasteiger partial charge < -0.3 is 10.0 Å². The molecule has 3 unspecified atom stereocenters. The fourth-order valence-electron chi connectivity index (χ4n) is 3.35. The van der Waals surface area contributed by atoms with Crippen LogP contribution in [0, 0.1) is 0 Å². The van der Waals surface area contributed by atoms with Crippen LogP contribution in [0.15, 0.2) is 18.3 Å². The Balaban J connectivity index is 1.75. The minimum absolute atomic E-state index is 0.437. The molecule has 2 aliphatic rings. The molecule has 2 aliphatic heterocycles. The monoisotopic (exact) mass is 261 g/mol. The van der Waals surface area contributed by atoms with E-state index in [0.29, 0.717) is 6.04 Å². The maximum Gasteiger partial charge on any atom is 0.128 e. The number of pyridine rings is 1. The fraction of sp³-hybridized carbons (Fsp3) is 0.667. The van der Waals surface area contributed by atoms with Crippen LogP contribution in [-0.2, 0) is 0 Å². The van der Waals surface area contributed by atoms with Crippen LogP contribution in [0.25, 0.3) is 0 Å². The molecule has 2 fully saturated rings.